The van der Waals surface area contributed by atoms with Crippen molar-refractivity contribution in [2.24, 2.45) is 0 Å². The Bertz CT molecular complexity index is 4540. The Balaban J connectivity index is 0.994. The Morgan fingerprint density at radius 1 is 0.263 bits per heavy atom. The van der Waals surface area contributed by atoms with E-state index >= 15 is 0 Å². The maximum absolute atomic E-state index is 2.55. The van der Waals surface area contributed by atoms with Crippen LogP contribution >= 0.6 is 0 Å². The van der Waals surface area contributed by atoms with Crippen molar-refractivity contribution in [2.45, 2.75) is 5.41 Å². The van der Waals surface area contributed by atoms with Gasteiger partial charge >= 0.3 is 0 Å². The lowest BCUT2D eigenvalue weighted by molar-refractivity contribution is 0.794. The maximum Gasteiger partial charge on any atom is 0.0726 e. The van der Waals surface area contributed by atoms with Gasteiger partial charge in [0.2, 0.25) is 0 Å². The zero-order valence-corrected chi connectivity index (χ0v) is 41.5. The van der Waals surface area contributed by atoms with E-state index in [2.05, 4.69) is 299 Å². The zero-order valence-electron chi connectivity index (χ0n) is 41.5. The van der Waals surface area contributed by atoms with Gasteiger partial charge in [-0.15, -0.1) is 0 Å². The quantitative estimate of drug-likeness (QED) is 0.155. The molecule has 14 aromatic rings. The summed E-state index contributed by atoms with van der Waals surface area (Å²) in [6, 6.07) is 106. The highest BCUT2D eigenvalue weighted by molar-refractivity contribution is 6.13. The SMILES string of the molecule is c1ccc(-c2cc(-c3ccccc3)cc(-n3c4ccccc4c4ccc(N(c5ccc6c(c5)c5ccccc5n6-c5ccccc5)c5cccc6c5-c5ccccc5C65c6ccccc6-c6ccccc65)cc43)c2)cc1. The molecule has 0 fully saturated rings. The molecule has 2 heterocycles. The lowest BCUT2D eigenvalue weighted by atomic mass is 9.70. The Kier molecular flexibility index (Phi) is 9.25. The van der Waals surface area contributed by atoms with Gasteiger partial charge < -0.3 is 14.0 Å². The maximum atomic E-state index is 2.55. The van der Waals surface area contributed by atoms with Crippen LogP contribution in [0.5, 0.6) is 0 Å². The highest BCUT2D eigenvalue weighted by Gasteiger charge is 2.52. The number of aromatic nitrogens is 2. The number of anilines is 3. The van der Waals surface area contributed by atoms with Gasteiger partial charge in [0.1, 0.15) is 0 Å². The molecule has 0 bridgehead atoms. The van der Waals surface area contributed by atoms with Crippen molar-refractivity contribution in [3.05, 3.63) is 307 Å². The second-order valence-corrected chi connectivity index (χ2v) is 20.4. The number of fused-ring (bicyclic) bond motifs is 16. The fourth-order valence-electron chi connectivity index (χ4n) is 13.4. The van der Waals surface area contributed by atoms with Gasteiger partial charge in [-0.25, -0.2) is 0 Å². The summed E-state index contributed by atoms with van der Waals surface area (Å²) in [5.74, 6) is 0. The van der Waals surface area contributed by atoms with Crippen LogP contribution in [0.4, 0.5) is 17.1 Å². The Labute approximate surface area is 441 Å². The predicted octanol–water partition coefficient (Wildman–Crippen LogP) is 19.0. The second kappa shape index (κ2) is 16.5. The van der Waals surface area contributed by atoms with E-state index < -0.39 is 5.41 Å². The summed E-state index contributed by atoms with van der Waals surface area (Å²) in [5.41, 5.74) is 24.8. The van der Waals surface area contributed by atoms with Crippen molar-refractivity contribution in [3.63, 3.8) is 0 Å². The average molecular weight is 966 g/mol. The summed E-state index contributed by atoms with van der Waals surface area (Å²) < 4.78 is 4.90. The van der Waals surface area contributed by atoms with Gasteiger partial charge in [0.05, 0.1) is 33.2 Å². The van der Waals surface area contributed by atoms with Crippen LogP contribution in [0.25, 0.3) is 99.5 Å². The third-order valence-corrected chi connectivity index (χ3v) is 16.5. The molecule has 2 aliphatic carbocycles. The molecule has 12 aromatic carbocycles. The van der Waals surface area contributed by atoms with Crippen LogP contribution in [0.2, 0.25) is 0 Å². The molecule has 0 radical (unpaired) electrons. The van der Waals surface area contributed by atoms with E-state index in [0.29, 0.717) is 0 Å². The molecule has 76 heavy (non-hydrogen) atoms. The Hall–Kier alpha value is -9.96. The van der Waals surface area contributed by atoms with E-state index in [1.54, 1.807) is 0 Å². The van der Waals surface area contributed by atoms with Crippen LogP contribution in [0.3, 0.4) is 0 Å². The molecule has 16 rings (SSSR count). The average Bonchev–Trinajstić information content (AvgIpc) is 4.27. The first kappa shape index (κ1) is 42.5. The summed E-state index contributed by atoms with van der Waals surface area (Å²) in [4.78, 5) is 2.55. The van der Waals surface area contributed by atoms with Gasteiger partial charge in [-0.3, -0.25) is 0 Å². The van der Waals surface area contributed by atoms with Crippen LogP contribution in [-0.4, -0.2) is 9.13 Å². The molecule has 2 aliphatic rings. The fourth-order valence-corrected chi connectivity index (χ4v) is 13.4. The van der Waals surface area contributed by atoms with Crippen molar-refractivity contribution < 1.29 is 0 Å². The van der Waals surface area contributed by atoms with E-state index in [0.717, 1.165) is 39.5 Å². The van der Waals surface area contributed by atoms with Gasteiger partial charge in [0.25, 0.3) is 0 Å². The van der Waals surface area contributed by atoms with Gasteiger partial charge in [0, 0.05) is 49.9 Å². The van der Waals surface area contributed by atoms with E-state index in [9.17, 15) is 0 Å². The van der Waals surface area contributed by atoms with Gasteiger partial charge in [-0.1, -0.05) is 206 Å². The summed E-state index contributed by atoms with van der Waals surface area (Å²) in [6.07, 6.45) is 0. The first-order valence-corrected chi connectivity index (χ1v) is 26.3. The highest BCUT2D eigenvalue weighted by Crippen LogP contribution is 2.65. The summed E-state index contributed by atoms with van der Waals surface area (Å²) >= 11 is 0. The first-order valence-electron chi connectivity index (χ1n) is 26.3. The van der Waals surface area contributed by atoms with E-state index in [4.69, 9.17) is 0 Å². The van der Waals surface area contributed by atoms with Crippen molar-refractivity contribution in [2.75, 3.05) is 4.90 Å². The zero-order chi connectivity index (χ0) is 49.9. The molecular formula is C73H47N3. The minimum atomic E-state index is -0.496. The Morgan fingerprint density at radius 2 is 0.724 bits per heavy atom. The molecule has 0 saturated heterocycles. The van der Waals surface area contributed by atoms with Crippen LogP contribution in [0.15, 0.2) is 285 Å². The van der Waals surface area contributed by atoms with Gasteiger partial charge in [0.15, 0.2) is 0 Å². The monoisotopic (exact) mass is 965 g/mol. The minimum Gasteiger partial charge on any atom is -0.310 e. The smallest absolute Gasteiger partial charge is 0.0726 e. The standard InChI is InChI=1S/C73H47N3/c1-4-21-48(22-5-1)50-43-51(49-23-6-2-7-24-49)45-55(44-50)76-67-36-18-13-29-58(67)60-41-39-54(47-71(60)76)74(53-40-42-69-62(46-53)59-30-14-19-37-68(59)75(69)52-25-8-3-9-26-52)70-38-20-35-66-72(70)61-31-12-17-34-65(61)73(66)63-32-15-10-27-56(63)57-28-11-16-33-64(57)73/h1-47H. The first-order chi connectivity index (χ1) is 37.7. The molecule has 3 nitrogen and oxygen atoms in total. The molecule has 1 spiro atoms. The number of hydrogen-bond donors (Lipinski definition) is 0. The molecule has 0 amide bonds. The van der Waals surface area contributed by atoms with Crippen LogP contribution in [-0.2, 0) is 5.41 Å². The molecule has 0 N–H and O–H groups in total. The predicted molar refractivity (Wildman–Crippen MR) is 317 cm³/mol. The third-order valence-electron chi connectivity index (χ3n) is 16.5. The number of para-hydroxylation sites is 3. The fraction of sp³-hybridized carbons (Fsp3) is 0.0137. The molecule has 0 unspecified atom stereocenters. The van der Waals surface area contributed by atoms with Crippen LogP contribution in [0, 0.1) is 0 Å². The third kappa shape index (κ3) is 6.05. The molecule has 354 valence electrons. The van der Waals surface area contributed by atoms with Gasteiger partial charge in [-0.05, 0) is 140 Å². The number of benzene rings is 12. The number of nitrogens with zero attached hydrogens (tertiary/aromatic N) is 3. The highest BCUT2D eigenvalue weighted by atomic mass is 15.1. The number of hydrogen-bond acceptors (Lipinski definition) is 1. The molecule has 0 atom stereocenters. The normalized spacial score (nSPS) is 12.8. The van der Waals surface area contributed by atoms with Crippen LogP contribution < -0.4 is 4.90 Å². The van der Waals surface area contributed by atoms with Gasteiger partial charge in [-0.2, -0.15) is 0 Å². The van der Waals surface area contributed by atoms with Crippen molar-refractivity contribution in [1.82, 2.24) is 9.13 Å². The minimum absolute atomic E-state index is 0.496. The molecular weight excluding hydrogens is 919 g/mol. The van der Waals surface area contributed by atoms with E-state index in [1.807, 2.05) is 0 Å². The van der Waals surface area contributed by atoms with E-state index in [-0.39, 0.29) is 0 Å². The molecule has 0 aliphatic heterocycles. The van der Waals surface area contributed by atoms with E-state index in [1.165, 1.54) is 99.3 Å². The lowest BCUT2D eigenvalue weighted by Gasteiger charge is -2.32. The second-order valence-electron chi connectivity index (χ2n) is 20.4. The lowest BCUT2D eigenvalue weighted by Crippen LogP contribution is -2.26. The number of rotatable bonds is 7. The summed E-state index contributed by atoms with van der Waals surface area (Å²) in [5, 5.41) is 4.83. The topological polar surface area (TPSA) is 13.1 Å². The molecule has 3 heteroatoms. The van der Waals surface area contributed by atoms with Crippen LogP contribution in [0.1, 0.15) is 22.3 Å². The Morgan fingerprint density at radius 3 is 1.37 bits per heavy atom. The van der Waals surface area contributed by atoms with Crippen molar-refractivity contribution >= 4 is 60.7 Å². The van der Waals surface area contributed by atoms with Crippen molar-refractivity contribution in [3.8, 4) is 55.9 Å². The molecule has 2 aromatic heterocycles. The summed E-state index contributed by atoms with van der Waals surface area (Å²) in [7, 11) is 0. The van der Waals surface area contributed by atoms with Crippen molar-refractivity contribution in [1.29, 1.82) is 0 Å². The summed E-state index contributed by atoms with van der Waals surface area (Å²) in [6.45, 7) is 0. The largest absolute Gasteiger partial charge is 0.310 e. The molecule has 0 saturated carbocycles.